The van der Waals surface area contributed by atoms with Crippen LogP contribution < -0.4 is 4.74 Å². The van der Waals surface area contributed by atoms with Crippen LogP contribution >= 0.6 is 0 Å². The highest BCUT2D eigenvalue weighted by Gasteiger charge is 2.56. The van der Waals surface area contributed by atoms with E-state index in [9.17, 15) is 14.7 Å². The Balaban J connectivity index is 0.969. The van der Waals surface area contributed by atoms with Crippen LogP contribution in [-0.4, -0.2) is 53.1 Å². The zero-order chi connectivity index (χ0) is 35.4. The Hall–Kier alpha value is -2.86. The van der Waals surface area contributed by atoms with E-state index < -0.39 is 0 Å². The van der Waals surface area contributed by atoms with Crippen molar-refractivity contribution in [2.24, 2.45) is 29.1 Å². The number of hydrogen-bond acceptors (Lipinski definition) is 4. The molecule has 6 rings (SSSR count). The van der Waals surface area contributed by atoms with Gasteiger partial charge in [0.2, 0.25) is 5.91 Å². The molecule has 0 bridgehead atoms. The fourth-order valence-corrected chi connectivity index (χ4v) is 11.0. The van der Waals surface area contributed by atoms with Crippen LogP contribution in [0.5, 0.6) is 5.75 Å². The predicted molar refractivity (Wildman–Crippen MR) is 201 cm³/mol. The molecule has 1 N–H and O–H groups in total. The van der Waals surface area contributed by atoms with Gasteiger partial charge in [-0.3, -0.25) is 9.69 Å². The number of fused-ring (bicyclic) bond motifs is 5. The molecule has 2 aromatic carbocycles. The number of hydrogen-bond donors (Lipinski definition) is 1. The number of ether oxygens (including phenoxy) is 1. The lowest BCUT2D eigenvalue weighted by molar-refractivity contribution is -0.134. The maximum Gasteiger partial charge on any atom is 0.327 e. The van der Waals surface area contributed by atoms with Crippen molar-refractivity contribution in [3.8, 4) is 5.75 Å². The van der Waals surface area contributed by atoms with Crippen LogP contribution in [0.15, 0.2) is 48.5 Å². The van der Waals surface area contributed by atoms with Crippen molar-refractivity contribution in [3.05, 3.63) is 65.2 Å². The lowest BCUT2D eigenvalue weighted by atomic mass is 9.52. The molecule has 0 aromatic heterocycles. The van der Waals surface area contributed by atoms with E-state index in [0.29, 0.717) is 23.7 Å². The molecule has 4 unspecified atom stereocenters. The fraction of sp³-hybridized carbons (Fsp3) is 0.682. The smallest absolute Gasteiger partial charge is 0.327 e. The van der Waals surface area contributed by atoms with Crippen molar-refractivity contribution in [1.82, 2.24) is 9.80 Å². The molecule has 3 fully saturated rings. The maximum absolute atomic E-state index is 13.9. The lowest BCUT2D eigenvalue weighted by Crippen LogP contribution is -2.47. The molecule has 3 aliphatic carbocycles. The van der Waals surface area contributed by atoms with Crippen molar-refractivity contribution in [3.63, 3.8) is 0 Å². The van der Waals surface area contributed by atoms with Gasteiger partial charge in [0.05, 0.1) is 25.3 Å². The summed E-state index contributed by atoms with van der Waals surface area (Å²) in [7, 11) is 3.59. The second-order valence-electron chi connectivity index (χ2n) is 16.7. The Labute approximate surface area is 302 Å². The molecule has 6 heteroatoms. The quantitative estimate of drug-likeness (QED) is 0.190. The van der Waals surface area contributed by atoms with Gasteiger partial charge in [-0.05, 0) is 116 Å². The molecule has 50 heavy (non-hydrogen) atoms. The molecule has 2 aromatic rings. The summed E-state index contributed by atoms with van der Waals surface area (Å²) in [6, 6.07) is 16.4. The number of aliphatic hydroxyl groups excluding tert-OH is 1. The van der Waals surface area contributed by atoms with E-state index in [1.165, 1.54) is 56.9 Å². The van der Waals surface area contributed by atoms with Gasteiger partial charge in [-0.25, -0.2) is 4.79 Å². The van der Waals surface area contributed by atoms with Crippen LogP contribution in [0.4, 0.5) is 4.79 Å². The second-order valence-corrected chi connectivity index (χ2v) is 16.7. The average molecular weight is 685 g/mol. The number of nitrogens with zero attached hydrogens (tertiary/aromatic N) is 2. The van der Waals surface area contributed by atoms with Crippen LogP contribution in [0.2, 0.25) is 0 Å². The largest absolute Gasteiger partial charge is 0.497 e. The first-order valence-electron chi connectivity index (χ1n) is 20.2. The Morgan fingerprint density at radius 3 is 2.42 bits per heavy atom. The first-order chi connectivity index (χ1) is 24.2. The van der Waals surface area contributed by atoms with Gasteiger partial charge in [0, 0.05) is 13.0 Å². The molecule has 1 saturated heterocycles. The summed E-state index contributed by atoms with van der Waals surface area (Å²) in [6.07, 6.45) is 17.9. The molecular weight excluding hydrogens is 620 g/mol. The summed E-state index contributed by atoms with van der Waals surface area (Å²) in [5.74, 6) is 3.53. The van der Waals surface area contributed by atoms with Gasteiger partial charge in [-0.2, -0.15) is 0 Å². The second kappa shape index (κ2) is 16.2. The Bertz CT molecular complexity index is 1440. The number of methoxy groups -OCH3 is 1. The van der Waals surface area contributed by atoms with Crippen LogP contribution in [-0.2, 0) is 11.2 Å². The van der Waals surface area contributed by atoms with Crippen molar-refractivity contribution in [1.29, 1.82) is 0 Å². The number of aliphatic hydroxyl groups is 1. The van der Waals surface area contributed by atoms with E-state index in [0.717, 1.165) is 62.7 Å². The molecule has 2 saturated carbocycles. The third-order valence-corrected chi connectivity index (χ3v) is 13.9. The third-order valence-electron chi connectivity index (χ3n) is 13.9. The van der Waals surface area contributed by atoms with Crippen LogP contribution in [0, 0.1) is 29.1 Å². The molecule has 274 valence electrons. The zero-order valence-electron chi connectivity index (χ0n) is 31.6. The topological polar surface area (TPSA) is 70.1 Å². The Morgan fingerprint density at radius 1 is 0.980 bits per heavy atom. The molecular formula is C44H64N2O4. The summed E-state index contributed by atoms with van der Waals surface area (Å²) >= 11 is 0. The first-order valence-corrected chi connectivity index (χ1v) is 20.2. The number of carbonyl (C=O) groups excluding carboxylic acids is 2. The average Bonchev–Trinajstić information content (AvgIpc) is 3.56. The van der Waals surface area contributed by atoms with Crippen LogP contribution in [0.1, 0.15) is 146 Å². The van der Waals surface area contributed by atoms with Gasteiger partial charge in [0.25, 0.3) is 0 Å². The van der Waals surface area contributed by atoms with Crippen molar-refractivity contribution in [2.75, 3.05) is 14.2 Å². The predicted octanol–water partition coefficient (Wildman–Crippen LogP) is 10.1. The van der Waals surface area contributed by atoms with E-state index in [4.69, 9.17) is 4.74 Å². The number of likely N-dealkylation sites (N-methyl/N-ethyl adjacent to an activating group) is 1. The van der Waals surface area contributed by atoms with Gasteiger partial charge in [0.1, 0.15) is 5.75 Å². The van der Waals surface area contributed by atoms with E-state index in [1.54, 1.807) is 22.5 Å². The third kappa shape index (κ3) is 7.25. The van der Waals surface area contributed by atoms with Gasteiger partial charge >= 0.3 is 6.03 Å². The summed E-state index contributed by atoms with van der Waals surface area (Å²) in [6.45, 7) is 6.58. The minimum Gasteiger partial charge on any atom is -0.497 e. The first kappa shape index (κ1) is 36.9. The number of carbonyl (C=O) groups is 2. The molecule has 1 aliphatic heterocycles. The number of rotatable bonds is 15. The van der Waals surface area contributed by atoms with Crippen molar-refractivity contribution < 1.29 is 19.4 Å². The molecule has 9 atom stereocenters. The van der Waals surface area contributed by atoms with Gasteiger partial charge in [0.15, 0.2) is 0 Å². The van der Waals surface area contributed by atoms with E-state index in [2.05, 4.69) is 32.0 Å². The van der Waals surface area contributed by atoms with Crippen molar-refractivity contribution >= 4 is 11.9 Å². The van der Waals surface area contributed by atoms with Gasteiger partial charge < -0.3 is 14.7 Å². The summed E-state index contributed by atoms with van der Waals surface area (Å²) in [4.78, 5) is 30.5. The molecule has 0 radical (unpaired) electrons. The van der Waals surface area contributed by atoms with Crippen LogP contribution in [0.3, 0.4) is 0 Å². The van der Waals surface area contributed by atoms with E-state index in [-0.39, 0.29) is 41.5 Å². The van der Waals surface area contributed by atoms with Crippen molar-refractivity contribution in [2.45, 2.75) is 148 Å². The number of unbranched alkanes of at least 4 members (excludes halogenated alkanes) is 6. The molecule has 0 spiro atoms. The van der Waals surface area contributed by atoms with Gasteiger partial charge in [-0.1, -0.05) is 102 Å². The minimum atomic E-state index is -0.231. The molecule has 3 amide bonds. The Morgan fingerprint density at radius 2 is 1.70 bits per heavy atom. The maximum atomic E-state index is 13.9. The summed E-state index contributed by atoms with van der Waals surface area (Å²) in [5, 5.41) is 11.0. The monoisotopic (exact) mass is 684 g/mol. The lowest BCUT2D eigenvalue weighted by Gasteiger charge is -2.53. The molecule has 6 nitrogen and oxygen atoms in total. The molecule has 4 aliphatic rings. The summed E-state index contributed by atoms with van der Waals surface area (Å²) < 4.78 is 5.63. The number of benzene rings is 2. The standard InChI is InChI=1S/C44H64N2O4/c1-6-17-32(42(48)46-41(30(2)45(4)43(46)49)31-18-15-12-16-19-31)20-13-10-8-7-9-11-14-21-33-28-34-29-35(50-5)22-23-36(34)37-26-27-44(3)38(40(33)37)24-25-39(44)47/h12,15-16,18-19,22-23,29-30,32-33,37-41,47H,6-11,13-14,17,20-21,24-28H2,1-5H3/t30-,32-,33?,37?,38?,39-,40?,41-,44-/m0/s1. The zero-order valence-corrected chi connectivity index (χ0v) is 31.6. The number of imide groups is 1. The summed E-state index contributed by atoms with van der Waals surface area (Å²) in [5.41, 5.74) is 4.18. The normalized spacial score (nSPS) is 30.9. The number of urea groups is 1. The van der Waals surface area contributed by atoms with E-state index in [1.807, 2.05) is 44.3 Å². The minimum absolute atomic E-state index is 0.0123. The molecule has 1 heterocycles. The highest BCUT2D eigenvalue weighted by molar-refractivity contribution is 5.98. The SMILES string of the molecule is CCC[C@@H](CCCCCCCCCC1Cc2cc(OC)ccc2C2CC[C@@]3(C)C(CC[C@@H]3O)C12)C(=O)N1C(=O)N(C)[C@@H](C)[C@H]1c1ccccc1. The Kier molecular flexibility index (Phi) is 12.0. The fourth-order valence-electron chi connectivity index (χ4n) is 11.0. The highest BCUT2D eigenvalue weighted by atomic mass is 16.5. The highest BCUT2D eigenvalue weighted by Crippen LogP contribution is 2.62. The van der Waals surface area contributed by atoms with Gasteiger partial charge in [-0.15, -0.1) is 0 Å². The van der Waals surface area contributed by atoms with Crippen LogP contribution in [0.25, 0.3) is 0 Å². The number of amides is 3. The van der Waals surface area contributed by atoms with E-state index >= 15 is 0 Å².